The first-order valence-electron chi connectivity index (χ1n) is 30.3. The van der Waals surface area contributed by atoms with Crippen molar-refractivity contribution >= 4 is 95.2 Å². The number of aromatic hydroxyl groups is 1. The maximum atomic E-state index is 12.2. The van der Waals surface area contributed by atoms with E-state index in [1.807, 2.05) is 52.0 Å². The lowest BCUT2D eigenvalue weighted by molar-refractivity contribution is -0.117. The fourth-order valence-corrected chi connectivity index (χ4v) is 12.5. The zero-order valence-corrected chi connectivity index (χ0v) is 54.8. The molecule has 4 aliphatic heterocycles. The fraction of sp³-hybridized carbons (Fsp3) is 0.578. The zero-order chi connectivity index (χ0) is 59.2. The van der Waals surface area contributed by atoms with E-state index in [2.05, 4.69) is 129 Å². The number of halogens is 3. The van der Waals surface area contributed by atoms with Gasteiger partial charge in [-0.05, 0) is 226 Å². The van der Waals surface area contributed by atoms with E-state index < -0.39 is 0 Å². The van der Waals surface area contributed by atoms with Crippen molar-refractivity contribution < 1.29 is 38.3 Å². The summed E-state index contributed by atoms with van der Waals surface area (Å²) in [7, 11) is -0.285. The standard InChI is InChI=1S/C21H25N3O2.C16H20BrNO2.C12H19BN2O2.C12H14BrNO2.C3H5Br/c1-13-3-8-19-20(24(13)14(2)25)10-9-18(21(19)26-17-6-7-17)15-11-22-23(12-15)16-4-5-16;1-10-6-7-13-15(18(10)11(2)19)9-8-14(17)16(13)20-12-4-3-5-12;1-11(2)12(3,4)17-13(16-11)9-7-14-15(8-9)10-5-6-10;1-7-3-4-9-11(14(7)8(2)15)6-5-10(13)12(9)16;4-3-1-2-3/h9-13,16-17H,3-8H2,1-2H3;8-10,12H,3-7H2,1-2H3;7-8,10H,5-6H2,1-4H3;5-7,16H,3-4H2,1-2H3;3H,1-2H2/t13-;10-;;7-;/m00.0./s1. The molecule has 6 heterocycles. The van der Waals surface area contributed by atoms with E-state index >= 15 is 0 Å². The largest absolute Gasteiger partial charge is 0.506 e. The summed E-state index contributed by atoms with van der Waals surface area (Å²) in [6.45, 7) is 19.4. The van der Waals surface area contributed by atoms with Gasteiger partial charge in [-0.3, -0.25) is 23.7 Å². The maximum absolute atomic E-state index is 12.2. The third kappa shape index (κ3) is 14.1. The summed E-state index contributed by atoms with van der Waals surface area (Å²) < 4.78 is 30.3. The van der Waals surface area contributed by atoms with Crippen LogP contribution < -0.4 is 29.6 Å². The molecule has 83 heavy (non-hydrogen) atoms. The number of alkyl halides is 1. The van der Waals surface area contributed by atoms with Gasteiger partial charge in [0.1, 0.15) is 17.2 Å². The molecule has 0 spiro atoms. The van der Waals surface area contributed by atoms with E-state index in [4.69, 9.17) is 18.8 Å². The highest BCUT2D eigenvalue weighted by Gasteiger charge is 2.52. The molecule has 14 rings (SSSR count). The van der Waals surface area contributed by atoms with Crippen molar-refractivity contribution in [2.45, 2.75) is 237 Å². The number of ether oxygens (including phenoxy) is 2. The van der Waals surface area contributed by atoms with Crippen molar-refractivity contribution in [2.75, 3.05) is 14.7 Å². The van der Waals surface area contributed by atoms with Crippen molar-refractivity contribution in [1.82, 2.24) is 19.6 Å². The molecule has 3 atom stereocenters. The highest BCUT2D eigenvalue weighted by molar-refractivity contribution is 9.11. The number of carbonyl (C=O) groups excluding carboxylic acids is 3. The Morgan fingerprint density at radius 3 is 1.48 bits per heavy atom. The van der Waals surface area contributed by atoms with Gasteiger partial charge in [-0.15, -0.1) is 0 Å². The average Bonchev–Trinajstić information content (AvgIpc) is 2.96. The van der Waals surface area contributed by atoms with Crippen molar-refractivity contribution in [3.05, 3.63) is 86.8 Å². The SMILES string of the molecule is BrC1CC1.CC(=O)N1c2ccc(-c3cnn(C4CC4)c3)c(OC3CC3)c2CC[C@@H]1C.CC(=O)N1c2ccc(Br)c(O)c2CC[C@@H]1C.CC(=O)N1c2ccc(Br)c(OC3CCC3)c2CC[C@@H]1C.CC1(C)OB(c2cnn(C3CC3)c2)OC1(C)C. The van der Waals surface area contributed by atoms with Crippen LogP contribution in [-0.4, -0.2) is 95.9 Å². The fourth-order valence-electron chi connectivity index (χ4n) is 11.4. The molecular weight excluding hydrogens is 1250 g/mol. The number of nitrogens with zero attached hydrogens (tertiary/aromatic N) is 7. The molecule has 5 saturated carbocycles. The average molecular weight is 1330 g/mol. The van der Waals surface area contributed by atoms with E-state index in [-0.39, 0.29) is 59.9 Å². The molecule has 19 heteroatoms. The summed E-state index contributed by atoms with van der Waals surface area (Å²) in [5.74, 6) is 2.41. The second kappa shape index (κ2) is 25.3. The first kappa shape index (κ1) is 61.4. The summed E-state index contributed by atoms with van der Waals surface area (Å²) in [5, 5.41) is 18.9. The van der Waals surface area contributed by atoms with Crippen molar-refractivity contribution in [3.63, 3.8) is 0 Å². The monoisotopic (exact) mass is 1330 g/mol. The van der Waals surface area contributed by atoms with Gasteiger partial charge in [0.25, 0.3) is 0 Å². The number of hydrogen-bond donors (Lipinski definition) is 1. The Morgan fingerprint density at radius 1 is 0.578 bits per heavy atom. The first-order chi connectivity index (χ1) is 39.5. The van der Waals surface area contributed by atoms with Crippen LogP contribution in [0.15, 0.2) is 70.1 Å². The molecule has 446 valence electrons. The number of rotatable bonds is 8. The van der Waals surface area contributed by atoms with E-state index in [0.29, 0.717) is 28.8 Å². The summed E-state index contributed by atoms with van der Waals surface area (Å²) in [4.78, 5) is 42.2. The molecule has 0 radical (unpaired) electrons. The van der Waals surface area contributed by atoms with E-state index in [9.17, 15) is 19.5 Å². The van der Waals surface area contributed by atoms with Gasteiger partial charge in [0.05, 0.1) is 67.7 Å². The molecule has 2 aromatic heterocycles. The van der Waals surface area contributed by atoms with Gasteiger partial charge in [0, 0.05) is 95.6 Å². The Hall–Kier alpha value is -4.69. The predicted molar refractivity (Wildman–Crippen MR) is 339 cm³/mol. The third-order valence-corrected chi connectivity index (χ3v) is 19.9. The molecule has 1 N–H and O–H groups in total. The van der Waals surface area contributed by atoms with Crippen LogP contribution in [0.4, 0.5) is 17.1 Å². The Labute approximate surface area is 516 Å². The molecule has 6 fully saturated rings. The molecule has 5 aliphatic carbocycles. The quantitative estimate of drug-likeness (QED) is 0.117. The van der Waals surface area contributed by atoms with Gasteiger partial charge in [0.15, 0.2) is 0 Å². The van der Waals surface area contributed by atoms with Crippen LogP contribution in [-0.2, 0) is 43.0 Å². The lowest BCUT2D eigenvalue weighted by Crippen LogP contribution is -2.41. The number of amides is 3. The third-order valence-electron chi connectivity index (χ3n) is 17.7. The normalized spacial score (nSPS) is 22.7. The molecule has 5 aromatic rings. The molecule has 3 aromatic carbocycles. The van der Waals surface area contributed by atoms with Crippen LogP contribution in [0.1, 0.15) is 188 Å². The Balaban J connectivity index is 0.000000123. The molecular formula is C64H83BBr3N7O8. The summed E-state index contributed by atoms with van der Waals surface area (Å²) in [5.41, 5.74) is 8.80. The van der Waals surface area contributed by atoms with Crippen molar-refractivity contribution in [1.29, 1.82) is 0 Å². The number of anilines is 3. The van der Waals surface area contributed by atoms with Gasteiger partial charge < -0.3 is 38.6 Å². The zero-order valence-electron chi connectivity index (χ0n) is 50.1. The van der Waals surface area contributed by atoms with Crippen LogP contribution in [0.5, 0.6) is 17.2 Å². The Bertz CT molecular complexity index is 3170. The summed E-state index contributed by atoms with van der Waals surface area (Å²) in [6.07, 6.45) is 27.8. The minimum absolute atomic E-state index is 0.0233. The Morgan fingerprint density at radius 2 is 1.01 bits per heavy atom. The minimum Gasteiger partial charge on any atom is -0.506 e. The van der Waals surface area contributed by atoms with E-state index in [0.717, 1.165) is 124 Å². The van der Waals surface area contributed by atoms with E-state index in [1.165, 1.54) is 56.1 Å². The smallest absolute Gasteiger partial charge is 0.498 e. The predicted octanol–water partition coefficient (Wildman–Crippen LogP) is 14.1. The minimum atomic E-state index is -0.285. The van der Waals surface area contributed by atoms with Gasteiger partial charge in [-0.2, -0.15) is 10.2 Å². The number of carbonyl (C=O) groups is 3. The molecule has 1 saturated heterocycles. The lowest BCUT2D eigenvalue weighted by Gasteiger charge is -2.37. The summed E-state index contributed by atoms with van der Waals surface area (Å²) in [6, 6.07) is 13.8. The topological polar surface area (TPSA) is 154 Å². The molecule has 0 unspecified atom stereocenters. The number of fused-ring (bicyclic) bond motifs is 3. The molecule has 9 aliphatic rings. The molecule has 0 bridgehead atoms. The second-order valence-electron chi connectivity index (χ2n) is 25.2. The van der Waals surface area contributed by atoms with Crippen molar-refractivity contribution in [3.8, 4) is 28.4 Å². The van der Waals surface area contributed by atoms with Crippen molar-refractivity contribution in [2.24, 2.45) is 0 Å². The van der Waals surface area contributed by atoms with Crippen LogP contribution in [0.3, 0.4) is 0 Å². The maximum Gasteiger partial charge on any atom is 0.498 e. The molecule has 3 amide bonds. The highest BCUT2D eigenvalue weighted by Crippen LogP contribution is 2.47. The number of hydrogen-bond acceptors (Lipinski definition) is 10. The van der Waals surface area contributed by atoms with Gasteiger partial charge >= 0.3 is 7.12 Å². The number of phenols is 1. The number of aromatic nitrogens is 4. The first-order valence-corrected chi connectivity index (χ1v) is 32.8. The summed E-state index contributed by atoms with van der Waals surface area (Å²) >= 11 is 10.3. The highest BCUT2D eigenvalue weighted by atomic mass is 79.9. The van der Waals surface area contributed by atoms with Crippen LogP contribution >= 0.6 is 47.8 Å². The number of phenolic OH excluding ortho intramolecular Hbond substituents is 1. The van der Waals surface area contributed by atoms with Crippen LogP contribution in [0.25, 0.3) is 11.1 Å². The second-order valence-corrected chi connectivity index (χ2v) is 28.2. The Kier molecular flexibility index (Phi) is 18.7. The van der Waals surface area contributed by atoms with Gasteiger partial charge in [0.2, 0.25) is 17.7 Å². The lowest BCUT2D eigenvalue weighted by atomic mass is 9.82. The van der Waals surface area contributed by atoms with Gasteiger partial charge in [-0.25, -0.2) is 0 Å². The van der Waals surface area contributed by atoms with Gasteiger partial charge in [-0.1, -0.05) is 15.9 Å². The van der Waals surface area contributed by atoms with Crippen LogP contribution in [0.2, 0.25) is 0 Å². The van der Waals surface area contributed by atoms with E-state index in [1.54, 1.807) is 31.7 Å². The number of benzene rings is 3. The van der Waals surface area contributed by atoms with Crippen LogP contribution in [0, 0.1) is 0 Å². The molecule has 15 nitrogen and oxygen atoms in total.